The first-order valence-electron chi connectivity index (χ1n) is 7.86. The van der Waals surface area contributed by atoms with Crippen LogP contribution in [0.5, 0.6) is 0 Å². The van der Waals surface area contributed by atoms with Crippen LogP contribution in [0.2, 0.25) is 0 Å². The van der Waals surface area contributed by atoms with Crippen molar-refractivity contribution in [3.8, 4) is 11.1 Å². The molecule has 0 N–H and O–H groups in total. The molecule has 2 heterocycles. The van der Waals surface area contributed by atoms with Crippen LogP contribution >= 0.6 is 46.3 Å². The van der Waals surface area contributed by atoms with E-state index in [0.29, 0.717) is 10.2 Å². The average molecular weight is 546 g/mol. The van der Waals surface area contributed by atoms with E-state index in [1.807, 2.05) is 56.1 Å². The van der Waals surface area contributed by atoms with E-state index in [9.17, 15) is 4.79 Å². The van der Waals surface area contributed by atoms with E-state index in [4.69, 9.17) is 4.74 Å². The fourth-order valence-corrected chi connectivity index (χ4v) is 4.12. The lowest BCUT2D eigenvalue weighted by Gasteiger charge is -2.20. The molecule has 136 valence electrons. The highest BCUT2D eigenvalue weighted by Gasteiger charge is 2.20. The Bertz CT molecular complexity index is 998. The van der Waals surface area contributed by atoms with Crippen molar-refractivity contribution in [2.24, 2.45) is 0 Å². The maximum atomic E-state index is 12.4. The van der Waals surface area contributed by atoms with Crippen molar-refractivity contribution in [2.45, 2.75) is 33.3 Å². The fraction of sp³-hybridized carbons (Fsp3) is 0.278. The van der Waals surface area contributed by atoms with Crippen LogP contribution < -0.4 is 0 Å². The summed E-state index contributed by atoms with van der Waals surface area (Å²) in [6.07, 6.45) is 3.70. The highest BCUT2D eigenvalue weighted by molar-refractivity contribution is 14.2. The smallest absolute Gasteiger partial charge is 0.338 e. The topological polar surface area (TPSA) is 57.0 Å². The third kappa shape index (κ3) is 4.07. The van der Waals surface area contributed by atoms with Crippen LogP contribution in [0.25, 0.3) is 22.3 Å². The van der Waals surface area contributed by atoms with Crippen molar-refractivity contribution >= 4 is 63.4 Å². The van der Waals surface area contributed by atoms with E-state index < -0.39 is 5.60 Å². The number of ether oxygens (including phenoxy) is 1. The molecule has 2 aromatic heterocycles. The Morgan fingerprint density at radius 3 is 2.69 bits per heavy atom. The molecule has 3 aromatic rings. The fourth-order valence-electron chi connectivity index (χ4n) is 2.60. The van der Waals surface area contributed by atoms with Crippen LogP contribution in [-0.4, -0.2) is 25.5 Å². The molecule has 0 bridgehead atoms. The Labute approximate surface area is 176 Å². The lowest BCUT2D eigenvalue weighted by Crippen LogP contribution is -2.24. The zero-order valence-corrected chi connectivity index (χ0v) is 19.3. The van der Waals surface area contributed by atoms with Crippen molar-refractivity contribution in [2.75, 3.05) is 0 Å². The largest absolute Gasteiger partial charge is 0.456 e. The van der Waals surface area contributed by atoms with Gasteiger partial charge >= 0.3 is 5.97 Å². The number of rotatable bonds is 3. The van der Waals surface area contributed by atoms with Crippen LogP contribution in [0.1, 0.15) is 36.7 Å². The van der Waals surface area contributed by atoms with Gasteiger partial charge in [-0.3, -0.25) is 3.97 Å². The van der Waals surface area contributed by atoms with Crippen molar-refractivity contribution in [1.82, 2.24) is 13.9 Å². The predicted molar refractivity (Wildman–Crippen MR) is 118 cm³/mol. The minimum Gasteiger partial charge on any atom is -0.456 e. The van der Waals surface area contributed by atoms with E-state index in [1.54, 1.807) is 6.20 Å². The number of fused-ring (bicyclic) bond motifs is 1. The summed E-state index contributed by atoms with van der Waals surface area (Å²) in [5, 5.41) is 0. The first kappa shape index (κ1) is 19.6. The molecule has 0 fully saturated rings. The first-order valence-corrected chi connectivity index (χ1v) is 12.0. The van der Waals surface area contributed by atoms with Crippen LogP contribution in [0.3, 0.4) is 0 Å². The van der Waals surface area contributed by atoms with Gasteiger partial charge in [-0.05, 0) is 60.8 Å². The van der Waals surface area contributed by atoms with Gasteiger partial charge in [0.15, 0.2) is 5.65 Å². The van der Waals surface area contributed by atoms with Crippen LogP contribution in [0, 0.1) is 6.92 Å². The molecule has 0 radical (unpaired) electrons. The highest BCUT2D eigenvalue weighted by atomic mass is 127. The van der Waals surface area contributed by atoms with E-state index in [1.165, 1.54) is 9.12 Å². The van der Waals surface area contributed by atoms with Gasteiger partial charge in [0.2, 0.25) is 0 Å². The summed E-state index contributed by atoms with van der Waals surface area (Å²) in [4.78, 5) is 21.4. The Hall–Kier alpha value is -1.13. The average Bonchev–Trinajstić information content (AvgIpc) is 2.90. The minimum absolute atomic E-state index is 0.311. The van der Waals surface area contributed by atoms with E-state index >= 15 is 0 Å². The van der Waals surface area contributed by atoms with Gasteiger partial charge in [0.05, 0.1) is 11.8 Å². The van der Waals surface area contributed by atoms with Gasteiger partial charge in [-0.2, -0.15) is 0 Å². The Balaban J connectivity index is 2.06. The SMILES string of the molecule is Cc1cc(-c2cn(SI)c3ncc(Br)nc23)ccc1C(=O)OC(C)(C)C. The number of nitrogens with zero attached hydrogens (tertiary/aromatic N) is 3. The molecule has 8 heteroatoms. The molecule has 0 saturated heterocycles. The normalized spacial score (nSPS) is 11.8. The third-order valence-corrected chi connectivity index (χ3v) is 5.75. The quantitative estimate of drug-likeness (QED) is 0.300. The predicted octanol–water partition coefficient (Wildman–Crippen LogP) is 5.97. The Morgan fingerprint density at radius 2 is 2.08 bits per heavy atom. The number of aromatic nitrogens is 3. The number of esters is 1. The molecule has 26 heavy (non-hydrogen) atoms. The monoisotopic (exact) mass is 545 g/mol. The van der Waals surface area contributed by atoms with Crippen LogP contribution in [0.15, 0.2) is 35.2 Å². The van der Waals surface area contributed by atoms with Crippen LogP contribution in [0.4, 0.5) is 0 Å². The second kappa shape index (κ2) is 7.47. The highest BCUT2D eigenvalue weighted by Crippen LogP contribution is 2.34. The summed E-state index contributed by atoms with van der Waals surface area (Å²) in [6.45, 7) is 7.50. The summed E-state index contributed by atoms with van der Waals surface area (Å²) in [6, 6.07) is 5.72. The molecular weight excluding hydrogens is 529 g/mol. The Kier molecular flexibility index (Phi) is 5.64. The zero-order chi connectivity index (χ0) is 19.1. The number of carbonyl (C=O) groups excluding carboxylic acids is 1. The third-order valence-electron chi connectivity index (χ3n) is 3.66. The van der Waals surface area contributed by atoms with Gasteiger partial charge in [0.1, 0.15) is 15.7 Å². The molecule has 0 amide bonds. The zero-order valence-electron chi connectivity index (χ0n) is 14.7. The molecule has 1 aromatic carbocycles. The van der Waals surface area contributed by atoms with Crippen molar-refractivity contribution in [3.05, 3.63) is 46.3 Å². The van der Waals surface area contributed by atoms with Gasteiger partial charge in [-0.15, -0.1) is 0 Å². The number of aryl methyl sites for hydroxylation is 1. The van der Waals surface area contributed by atoms with Gasteiger partial charge < -0.3 is 4.74 Å². The molecule has 0 atom stereocenters. The molecule has 0 aliphatic heterocycles. The number of carbonyl (C=O) groups is 1. The molecule has 3 rings (SSSR count). The number of halogens is 2. The molecule has 0 saturated carbocycles. The maximum absolute atomic E-state index is 12.4. The van der Waals surface area contributed by atoms with Crippen molar-refractivity contribution in [1.29, 1.82) is 0 Å². The lowest BCUT2D eigenvalue weighted by molar-refractivity contribution is 0.00688. The summed E-state index contributed by atoms with van der Waals surface area (Å²) < 4.78 is 8.14. The second-order valence-corrected chi connectivity index (χ2v) is 9.36. The van der Waals surface area contributed by atoms with E-state index in [0.717, 1.165) is 27.9 Å². The molecule has 5 nitrogen and oxygen atoms in total. The minimum atomic E-state index is -0.519. The number of hydrogen-bond acceptors (Lipinski definition) is 5. The maximum Gasteiger partial charge on any atom is 0.338 e. The van der Waals surface area contributed by atoms with E-state index in [2.05, 4.69) is 47.1 Å². The molecule has 0 aliphatic carbocycles. The van der Waals surface area contributed by atoms with Crippen molar-refractivity contribution < 1.29 is 9.53 Å². The molecule has 0 spiro atoms. The van der Waals surface area contributed by atoms with Gasteiger partial charge in [0.25, 0.3) is 0 Å². The molecule has 0 unspecified atom stereocenters. The summed E-state index contributed by atoms with van der Waals surface area (Å²) in [5.41, 5.74) is 4.48. The first-order chi connectivity index (χ1) is 12.2. The standard InChI is InChI=1S/C18H17BrIN3O2S/c1-10-7-11(5-6-12(10)17(24)25-18(2,3)4)13-9-23(26-20)16-15(13)22-14(19)8-21-16/h5-9H,1-4H3. The van der Waals surface area contributed by atoms with Crippen LogP contribution in [-0.2, 0) is 4.74 Å². The second-order valence-electron chi connectivity index (χ2n) is 6.83. The van der Waals surface area contributed by atoms with Crippen molar-refractivity contribution in [3.63, 3.8) is 0 Å². The summed E-state index contributed by atoms with van der Waals surface area (Å²) >= 11 is 5.61. The summed E-state index contributed by atoms with van der Waals surface area (Å²) in [7, 11) is 1.53. The number of benzene rings is 1. The van der Waals surface area contributed by atoms with E-state index in [-0.39, 0.29) is 5.97 Å². The van der Waals surface area contributed by atoms with Gasteiger partial charge in [0, 0.05) is 42.1 Å². The number of hydrogen-bond donors (Lipinski definition) is 0. The lowest BCUT2D eigenvalue weighted by atomic mass is 10.0. The Morgan fingerprint density at radius 1 is 1.35 bits per heavy atom. The molecule has 0 aliphatic rings. The summed E-state index contributed by atoms with van der Waals surface area (Å²) in [5.74, 6) is -0.311. The van der Waals surface area contributed by atoms with Gasteiger partial charge in [-0.25, -0.2) is 14.8 Å². The van der Waals surface area contributed by atoms with Gasteiger partial charge in [-0.1, -0.05) is 12.1 Å². The molecular formula is C18H17BrIN3O2S.